The average Bonchev–Trinajstić information content (AvgIpc) is 3.59. The smallest absolute Gasteiger partial charge is 0.253 e. The Bertz CT molecular complexity index is 1610. The van der Waals surface area contributed by atoms with Crippen molar-refractivity contribution in [2.24, 2.45) is 7.05 Å². The molecule has 0 spiro atoms. The van der Waals surface area contributed by atoms with Gasteiger partial charge in [-0.3, -0.25) is 33.6 Å². The molecule has 0 aliphatic carbocycles. The van der Waals surface area contributed by atoms with Crippen LogP contribution in [0.4, 0.5) is 0 Å². The Labute approximate surface area is 290 Å². The number of nitrogens with zero attached hydrogens (tertiary/aromatic N) is 2. The summed E-state index contributed by atoms with van der Waals surface area (Å²) in [6, 6.07) is 6.06. The molecule has 0 unspecified atom stereocenters. The summed E-state index contributed by atoms with van der Waals surface area (Å²) < 4.78 is 1.23. The van der Waals surface area contributed by atoms with Crippen molar-refractivity contribution >= 4 is 35.4 Å². The van der Waals surface area contributed by atoms with E-state index in [4.69, 9.17) is 0 Å². The Balaban J connectivity index is 1.61. The Morgan fingerprint density at radius 3 is 2.28 bits per heavy atom. The second-order valence-electron chi connectivity index (χ2n) is 12.8. The number of hydrogen-bond acceptors (Lipinski definition) is 8. The summed E-state index contributed by atoms with van der Waals surface area (Å²) in [5, 5.41) is 24.1. The van der Waals surface area contributed by atoms with Crippen LogP contribution in [0.15, 0.2) is 53.5 Å². The number of aliphatic hydroxyl groups is 1. The summed E-state index contributed by atoms with van der Waals surface area (Å²) >= 11 is 0. The molecule has 2 saturated heterocycles. The third-order valence-electron chi connectivity index (χ3n) is 9.03. The van der Waals surface area contributed by atoms with Gasteiger partial charge in [0.15, 0.2) is 0 Å². The molecule has 3 heterocycles. The van der Waals surface area contributed by atoms with Crippen molar-refractivity contribution in [3.8, 4) is 0 Å². The molecule has 6 N–H and O–H groups in total. The van der Waals surface area contributed by atoms with Gasteiger partial charge in [-0.25, -0.2) is 0 Å². The van der Waals surface area contributed by atoms with Crippen LogP contribution < -0.4 is 32.1 Å². The second kappa shape index (κ2) is 17.6. The quantitative estimate of drug-likeness (QED) is 0.227. The van der Waals surface area contributed by atoms with Crippen molar-refractivity contribution in [1.82, 2.24) is 36.1 Å². The number of fused-ring (bicyclic) bond motifs is 1. The number of aryl methyl sites for hydroxylation is 1. The van der Waals surface area contributed by atoms with Gasteiger partial charge >= 0.3 is 0 Å². The summed E-state index contributed by atoms with van der Waals surface area (Å²) in [5.41, 5.74) is 0.597. The Hall–Kier alpha value is -5.05. The highest BCUT2D eigenvalue weighted by atomic mass is 16.3. The van der Waals surface area contributed by atoms with Crippen LogP contribution in [0.2, 0.25) is 0 Å². The molecule has 2 aliphatic rings. The molecular formula is C35H47N7O8. The zero-order valence-electron chi connectivity index (χ0n) is 28.6. The van der Waals surface area contributed by atoms with Crippen LogP contribution in [0.5, 0.6) is 0 Å². The zero-order valence-corrected chi connectivity index (χ0v) is 28.6. The minimum absolute atomic E-state index is 0.108. The first-order valence-electron chi connectivity index (χ1n) is 17.1. The predicted octanol–water partition coefficient (Wildman–Crippen LogP) is -0.737. The van der Waals surface area contributed by atoms with Crippen molar-refractivity contribution in [3.05, 3.63) is 70.1 Å². The standard InChI is InChI=1S/C35H47N7O8/c1-4-24-31(46)40-29(21(2)43)34(49)39-26(19-22-11-6-5-7-12-22)35(50)42-18-10-14-27(42)33(48)36-17-9-8-13-25(32(47)37-24)38-30(45)23-15-16-28(44)41(3)20-23/h5-7,11-12,15-16,20-21,24-27,29,43H,4,8-10,13-14,17-19H2,1-3H3,(H,36,48)(H,37,47)(H,38,45)(H,39,49)(H,40,46)/t21-,24+,25+,26-,27+,29+/m1/s1. The monoisotopic (exact) mass is 693 g/mol. The lowest BCUT2D eigenvalue weighted by molar-refractivity contribution is -0.142. The summed E-state index contributed by atoms with van der Waals surface area (Å²) in [6.45, 7) is 3.54. The van der Waals surface area contributed by atoms with Crippen molar-refractivity contribution in [2.45, 2.75) is 95.1 Å². The lowest BCUT2D eigenvalue weighted by Crippen LogP contribution is -2.61. The van der Waals surface area contributed by atoms with E-state index in [0.717, 1.165) is 5.56 Å². The maximum absolute atomic E-state index is 14.0. The van der Waals surface area contributed by atoms with Gasteiger partial charge in [0.05, 0.1) is 11.7 Å². The normalized spacial score (nSPS) is 25.1. The summed E-state index contributed by atoms with van der Waals surface area (Å²) in [6.07, 6.45) is 2.23. The molecule has 1 aromatic heterocycles. The number of aliphatic hydroxyl groups excluding tert-OH is 1. The number of rotatable bonds is 6. The van der Waals surface area contributed by atoms with E-state index in [0.29, 0.717) is 32.2 Å². The summed E-state index contributed by atoms with van der Waals surface area (Å²) in [4.78, 5) is 94.4. The molecule has 6 amide bonds. The van der Waals surface area contributed by atoms with Crippen molar-refractivity contribution in [2.75, 3.05) is 13.1 Å². The van der Waals surface area contributed by atoms with Crippen LogP contribution in [0.3, 0.4) is 0 Å². The number of hydrogen-bond donors (Lipinski definition) is 6. The lowest BCUT2D eigenvalue weighted by atomic mass is 10.0. The molecule has 0 radical (unpaired) electrons. The van der Waals surface area contributed by atoms with E-state index >= 15 is 0 Å². The molecule has 15 nitrogen and oxygen atoms in total. The van der Waals surface area contributed by atoms with E-state index in [1.807, 2.05) is 18.2 Å². The van der Waals surface area contributed by atoms with E-state index < -0.39 is 65.8 Å². The van der Waals surface area contributed by atoms with Crippen LogP contribution in [0.1, 0.15) is 68.3 Å². The number of carbonyl (C=O) groups is 6. The molecule has 270 valence electrons. The fourth-order valence-electron chi connectivity index (χ4n) is 6.14. The SMILES string of the molecule is CC[C@@H]1NC(=O)[C@@H](NC(=O)c2ccc(=O)n(C)c2)CCCCNC(=O)[C@@H]2CCCN2C(=O)[C@@H](Cc2ccccc2)NC(=O)[C@H]([C@@H](C)O)NC1=O. The van der Waals surface area contributed by atoms with Crippen molar-refractivity contribution in [1.29, 1.82) is 0 Å². The minimum Gasteiger partial charge on any atom is -0.391 e. The number of benzene rings is 1. The first kappa shape index (κ1) is 37.8. The lowest BCUT2D eigenvalue weighted by Gasteiger charge is -2.30. The highest BCUT2D eigenvalue weighted by Crippen LogP contribution is 2.20. The van der Waals surface area contributed by atoms with Gasteiger partial charge in [0.2, 0.25) is 35.1 Å². The van der Waals surface area contributed by atoms with Crippen LogP contribution >= 0.6 is 0 Å². The van der Waals surface area contributed by atoms with E-state index in [-0.39, 0.29) is 42.8 Å². The van der Waals surface area contributed by atoms with Gasteiger partial charge in [-0.05, 0) is 57.1 Å². The Kier molecular flexibility index (Phi) is 13.3. The molecule has 0 bridgehead atoms. The fourth-order valence-corrected chi connectivity index (χ4v) is 6.14. The molecule has 15 heteroatoms. The number of pyridine rings is 1. The molecule has 6 atom stereocenters. The third kappa shape index (κ3) is 9.77. The molecule has 50 heavy (non-hydrogen) atoms. The fraction of sp³-hybridized carbons (Fsp3) is 0.514. The summed E-state index contributed by atoms with van der Waals surface area (Å²) in [7, 11) is 1.49. The van der Waals surface area contributed by atoms with Crippen LogP contribution in [0, 0.1) is 0 Å². The van der Waals surface area contributed by atoms with Gasteiger partial charge in [0.1, 0.15) is 30.2 Å². The average molecular weight is 694 g/mol. The predicted molar refractivity (Wildman–Crippen MR) is 182 cm³/mol. The van der Waals surface area contributed by atoms with E-state index in [2.05, 4.69) is 26.6 Å². The summed E-state index contributed by atoms with van der Waals surface area (Å²) in [5.74, 6) is -3.61. The van der Waals surface area contributed by atoms with E-state index in [9.17, 15) is 38.7 Å². The van der Waals surface area contributed by atoms with Crippen LogP contribution in [-0.4, -0.2) is 99.4 Å². The molecular weight excluding hydrogens is 646 g/mol. The molecule has 1 aromatic carbocycles. The first-order valence-corrected chi connectivity index (χ1v) is 17.1. The first-order chi connectivity index (χ1) is 23.9. The highest BCUT2D eigenvalue weighted by molar-refractivity contribution is 5.99. The van der Waals surface area contributed by atoms with Crippen molar-refractivity contribution < 1.29 is 33.9 Å². The van der Waals surface area contributed by atoms with Gasteiger partial charge < -0.3 is 41.2 Å². The molecule has 2 aromatic rings. The number of nitrogens with one attached hydrogen (secondary N) is 5. The van der Waals surface area contributed by atoms with Gasteiger partial charge in [-0.1, -0.05) is 37.3 Å². The topological polar surface area (TPSA) is 208 Å². The second-order valence-corrected chi connectivity index (χ2v) is 12.8. The van der Waals surface area contributed by atoms with Crippen LogP contribution in [-0.2, 0) is 37.4 Å². The van der Waals surface area contributed by atoms with E-state index in [1.165, 1.54) is 41.8 Å². The maximum Gasteiger partial charge on any atom is 0.253 e. The number of carbonyl (C=O) groups excluding carboxylic acids is 6. The Morgan fingerprint density at radius 2 is 1.60 bits per heavy atom. The maximum atomic E-state index is 14.0. The van der Waals surface area contributed by atoms with Gasteiger partial charge in [0, 0.05) is 38.8 Å². The minimum atomic E-state index is -1.49. The zero-order chi connectivity index (χ0) is 36.4. The molecule has 0 saturated carbocycles. The van der Waals surface area contributed by atoms with Gasteiger partial charge in [-0.15, -0.1) is 0 Å². The van der Waals surface area contributed by atoms with Crippen molar-refractivity contribution in [3.63, 3.8) is 0 Å². The Morgan fingerprint density at radius 1 is 0.880 bits per heavy atom. The largest absolute Gasteiger partial charge is 0.391 e. The number of amides is 6. The van der Waals surface area contributed by atoms with E-state index in [1.54, 1.807) is 19.1 Å². The van der Waals surface area contributed by atoms with Gasteiger partial charge in [-0.2, -0.15) is 0 Å². The molecule has 4 rings (SSSR count). The molecule has 2 fully saturated rings. The molecule has 2 aliphatic heterocycles. The van der Waals surface area contributed by atoms with Crippen LogP contribution in [0.25, 0.3) is 0 Å². The number of aromatic nitrogens is 1. The third-order valence-corrected chi connectivity index (χ3v) is 9.03. The van der Waals surface area contributed by atoms with Gasteiger partial charge in [0.25, 0.3) is 5.91 Å². The highest BCUT2D eigenvalue weighted by Gasteiger charge is 2.39.